The lowest BCUT2D eigenvalue weighted by molar-refractivity contribution is -0.139. The molecule has 34 heavy (non-hydrogen) atoms. The van der Waals surface area contributed by atoms with Gasteiger partial charge in [0.25, 0.3) is 0 Å². The molecule has 0 amide bonds. The molecule has 1 atom stereocenters. The van der Waals surface area contributed by atoms with Gasteiger partial charge >= 0.3 is 5.97 Å². The van der Waals surface area contributed by atoms with Crippen LogP contribution in [0.4, 0.5) is 0 Å². The zero-order valence-electron chi connectivity index (χ0n) is 19.0. The number of carbonyl (C=O) groups excluding carboxylic acids is 1. The summed E-state index contributed by atoms with van der Waals surface area (Å²) in [5, 5.41) is 20.0. The molecule has 3 rings (SSSR count). The fourth-order valence-corrected chi connectivity index (χ4v) is 5.31. The lowest BCUT2D eigenvalue weighted by atomic mass is 9.83. The normalized spacial score (nSPS) is 15.4. The van der Waals surface area contributed by atoms with Crippen molar-refractivity contribution in [3.05, 3.63) is 79.1 Å². The third-order valence-electron chi connectivity index (χ3n) is 5.29. The summed E-state index contributed by atoms with van der Waals surface area (Å²) < 4.78 is 12.0. The number of carbonyl (C=O) groups is 1. The van der Waals surface area contributed by atoms with Crippen LogP contribution < -0.4 is 5.73 Å². The Bertz CT molecular complexity index is 1270. The number of aromatic nitrogens is 1. The highest BCUT2D eigenvalue weighted by Crippen LogP contribution is 2.42. The molecule has 7 nitrogen and oxygen atoms in total. The molecule has 0 radical (unpaired) electrons. The predicted molar refractivity (Wildman–Crippen MR) is 137 cm³/mol. The second kappa shape index (κ2) is 11.4. The van der Waals surface area contributed by atoms with Crippen LogP contribution in [0.2, 0.25) is 0 Å². The minimum Gasteiger partial charge on any atom is -0.463 e. The van der Waals surface area contributed by atoms with Gasteiger partial charge in [-0.2, -0.15) is 10.5 Å². The summed E-state index contributed by atoms with van der Waals surface area (Å²) in [6, 6.07) is 13.6. The first-order valence-electron chi connectivity index (χ1n) is 10.6. The first-order valence-corrected chi connectivity index (χ1v) is 12.7. The van der Waals surface area contributed by atoms with E-state index in [4.69, 9.17) is 15.2 Å². The highest BCUT2D eigenvalue weighted by molar-refractivity contribution is 14.1. The highest BCUT2D eigenvalue weighted by Gasteiger charge is 2.38. The molecule has 0 fully saturated rings. The smallest absolute Gasteiger partial charge is 0.338 e. The van der Waals surface area contributed by atoms with Crippen molar-refractivity contribution in [2.24, 2.45) is 5.73 Å². The summed E-state index contributed by atoms with van der Waals surface area (Å²) in [5.74, 6) is -0.887. The number of aryl methyl sites for hydroxylation is 2. The predicted octanol–water partition coefficient (Wildman–Crippen LogP) is 4.85. The number of benzene rings is 1. The van der Waals surface area contributed by atoms with E-state index in [1.165, 1.54) is 11.8 Å². The molecule has 0 unspecified atom stereocenters. The third-order valence-corrected chi connectivity index (χ3v) is 7.26. The van der Waals surface area contributed by atoms with Gasteiger partial charge < -0.3 is 15.2 Å². The van der Waals surface area contributed by atoms with Crippen molar-refractivity contribution in [3.8, 4) is 12.1 Å². The molecule has 0 spiro atoms. The van der Waals surface area contributed by atoms with E-state index in [9.17, 15) is 15.3 Å². The average Bonchev–Trinajstić information content (AvgIpc) is 2.82. The minimum absolute atomic E-state index is 0.0533. The van der Waals surface area contributed by atoms with Crippen molar-refractivity contribution < 1.29 is 14.3 Å². The summed E-state index contributed by atoms with van der Waals surface area (Å²) in [7, 11) is 0. The zero-order valence-corrected chi connectivity index (χ0v) is 22.0. The Kier molecular flexibility index (Phi) is 8.59. The van der Waals surface area contributed by atoms with Gasteiger partial charge in [0, 0.05) is 9.26 Å². The van der Waals surface area contributed by atoms with Gasteiger partial charge in [0.2, 0.25) is 5.88 Å². The van der Waals surface area contributed by atoms with Crippen molar-refractivity contribution in [2.75, 3.05) is 12.4 Å². The Morgan fingerprint density at radius 3 is 2.65 bits per heavy atom. The molecule has 0 saturated carbocycles. The van der Waals surface area contributed by atoms with Crippen LogP contribution in [-0.4, -0.2) is 23.3 Å². The van der Waals surface area contributed by atoms with Gasteiger partial charge in [-0.1, -0.05) is 36.9 Å². The van der Waals surface area contributed by atoms with Crippen LogP contribution in [0.1, 0.15) is 42.1 Å². The van der Waals surface area contributed by atoms with E-state index in [0.717, 1.165) is 26.8 Å². The number of pyridine rings is 1. The maximum absolute atomic E-state index is 13.1. The first-order chi connectivity index (χ1) is 16.4. The Hall–Kier alpha value is -3.02. The number of hydrogen-bond donors (Lipinski definition) is 1. The standard InChI is InChI=1S/C25H23IN4O3S/c1-4-19-14(3)10-15(11-27)24(30-19)34-13-20-22(25(31)32-5-2)21(17(12-28)23(29)33-20)16-8-6-7-9-18(16)26/h6-10,21H,4-5,13,29H2,1-3H3/t21-/m0/s1. The van der Waals surface area contributed by atoms with Crippen molar-refractivity contribution in [1.82, 2.24) is 4.98 Å². The van der Waals surface area contributed by atoms with Gasteiger partial charge in [0.15, 0.2) is 0 Å². The van der Waals surface area contributed by atoms with E-state index >= 15 is 0 Å². The van der Waals surface area contributed by atoms with Crippen LogP contribution in [0.5, 0.6) is 0 Å². The Balaban J connectivity index is 2.12. The van der Waals surface area contributed by atoms with Gasteiger partial charge in [-0.15, -0.1) is 0 Å². The minimum atomic E-state index is -0.728. The fourth-order valence-electron chi connectivity index (χ4n) is 3.69. The van der Waals surface area contributed by atoms with Crippen LogP contribution in [0.3, 0.4) is 0 Å². The molecule has 1 aliphatic rings. The summed E-state index contributed by atoms with van der Waals surface area (Å²) in [4.78, 5) is 17.8. The number of hydrogen-bond acceptors (Lipinski definition) is 8. The zero-order chi connectivity index (χ0) is 24.8. The summed E-state index contributed by atoms with van der Waals surface area (Å²) in [5.41, 5.74) is 9.59. The monoisotopic (exact) mass is 586 g/mol. The number of nitrogens with two attached hydrogens (primary N) is 1. The molecule has 1 aromatic heterocycles. The third kappa shape index (κ3) is 5.21. The van der Waals surface area contributed by atoms with Crippen molar-refractivity contribution in [3.63, 3.8) is 0 Å². The molecule has 174 valence electrons. The molecular weight excluding hydrogens is 563 g/mol. The van der Waals surface area contributed by atoms with Crippen LogP contribution in [0, 0.1) is 33.2 Å². The summed E-state index contributed by atoms with van der Waals surface area (Å²) in [6.45, 7) is 5.81. The molecular formula is C25H23IN4O3S. The van der Waals surface area contributed by atoms with Gasteiger partial charge in [-0.25, -0.2) is 9.78 Å². The molecule has 9 heteroatoms. The number of allylic oxidation sites excluding steroid dienone is 1. The first kappa shape index (κ1) is 25.6. The van der Waals surface area contributed by atoms with Gasteiger partial charge in [0.05, 0.1) is 29.4 Å². The van der Waals surface area contributed by atoms with Crippen molar-refractivity contribution in [1.29, 1.82) is 10.5 Å². The fraction of sp³-hybridized carbons (Fsp3) is 0.280. The van der Waals surface area contributed by atoms with Crippen LogP contribution >= 0.6 is 34.4 Å². The van der Waals surface area contributed by atoms with E-state index in [1.54, 1.807) is 6.92 Å². The van der Waals surface area contributed by atoms with Crippen LogP contribution in [-0.2, 0) is 20.7 Å². The second-order valence-corrected chi connectivity index (χ2v) is 9.49. The lowest BCUT2D eigenvalue weighted by Gasteiger charge is -2.28. The maximum atomic E-state index is 13.1. The van der Waals surface area contributed by atoms with Crippen molar-refractivity contribution >= 4 is 40.3 Å². The molecule has 0 bridgehead atoms. The number of rotatable bonds is 7. The quantitative estimate of drug-likeness (QED) is 0.278. The van der Waals surface area contributed by atoms with Gasteiger partial charge in [0.1, 0.15) is 28.5 Å². The van der Waals surface area contributed by atoms with E-state index < -0.39 is 11.9 Å². The molecule has 2 N–H and O–H groups in total. The van der Waals surface area contributed by atoms with E-state index in [2.05, 4.69) is 39.7 Å². The van der Waals surface area contributed by atoms with Gasteiger partial charge in [-0.05, 0) is 66.1 Å². The van der Waals surface area contributed by atoms with E-state index in [-0.39, 0.29) is 35.1 Å². The number of halogens is 1. The number of thioether (sulfide) groups is 1. The largest absolute Gasteiger partial charge is 0.463 e. The number of nitriles is 2. The van der Waals surface area contributed by atoms with E-state index in [1.807, 2.05) is 44.2 Å². The molecule has 2 aromatic rings. The molecule has 1 aliphatic heterocycles. The number of ether oxygens (including phenoxy) is 2. The Morgan fingerprint density at radius 2 is 2.03 bits per heavy atom. The molecule has 2 heterocycles. The SMILES string of the molecule is CCOC(=O)C1=C(CSc2nc(CC)c(C)cc2C#N)OC(N)=C(C#N)[C@@H]1c1ccccc1I. The summed E-state index contributed by atoms with van der Waals surface area (Å²) >= 11 is 3.45. The van der Waals surface area contributed by atoms with Crippen molar-refractivity contribution in [2.45, 2.75) is 38.1 Å². The number of nitrogens with zero attached hydrogens (tertiary/aromatic N) is 3. The van der Waals surface area contributed by atoms with E-state index in [0.29, 0.717) is 10.6 Å². The lowest BCUT2D eigenvalue weighted by Crippen LogP contribution is -2.27. The molecule has 0 saturated heterocycles. The summed E-state index contributed by atoms with van der Waals surface area (Å²) in [6.07, 6.45) is 0.730. The van der Waals surface area contributed by atoms with Crippen LogP contribution in [0.25, 0.3) is 0 Å². The Morgan fingerprint density at radius 1 is 1.29 bits per heavy atom. The Labute approximate surface area is 216 Å². The average molecular weight is 586 g/mol. The topological polar surface area (TPSA) is 122 Å². The maximum Gasteiger partial charge on any atom is 0.338 e. The molecule has 1 aromatic carbocycles. The van der Waals surface area contributed by atoms with Gasteiger partial charge in [-0.3, -0.25) is 0 Å². The second-order valence-electron chi connectivity index (χ2n) is 7.36. The van der Waals surface area contributed by atoms with Crippen LogP contribution in [0.15, 0.2) is 58.1 Å². The number of esters is 1. The highest BCUT2D eigenvalue weighted by atomic mass is 127. The molecule has 0 aliphatic carbocycles.